The summed E-state index contributed by atoms with van der Waals surface area (Å²) in [7, 11) is 0. The molecule has 1 aromatic carbocycles. The zero-order chi connectivity index (χ0) is 15.5. The minimum absolute atomic E-state index is 0.0347. The maximum atomic E-state index is 12.3. The number of nitrogens with one attached hydrogen (secondary N) is 1. The van der Waals surface area contributed by atoms with Gasteiger partial charge in [-0.25, -0.2) is 9.97 Å². The highest BCUT2D eigenvalue weighted by atomic mass is 16.1. The molecule has 5 nitrogen and oxygen atoms in total. The van der Waals surface area contributed by atoms with Gasteiger partial charge in [-0.3, -0.25) is 4.79 Å². The van der Waals surface area contributed by atoms with Gasteiger partial charge in [0.15, 0.2) is 0 Å². The maximum absolute atomic E-state index is 12.3. The Bertz CT molecular complexity index is 679. The molecular formula is C17H22N4O. The number of hydrogen-bond donors (Lipinski definition) is 1. The Hall–Kier alpha value is -2.17. The van der Waals surface area contributed by atoms with Crippen molar-refractivity contribution >= 4 is 22.6 Å². The van der Waals surface area contributed by atoms with Crippen LogP contribution in [0, 0.1) is 0 Å². The minimum Gasteiger partial charge on any atom is -0.356 e. The van der Waals surface area contributed by atoms with E-state index < -0.39 is 0 Å². The number of carbonyl (C=O) groups excluding carboxylic acids is 1. The Morgan fingerprint density at radius 1 is 1.32 bits per heavy atom. The summed E-state index contributed by atoms with van der Waals surface area (Å²) < 4.78 is 0. The van der Waals surface area contributed by atoms with Crippen molar-refractivity contribution in [2.75, 3.05) is 18.0 Å². The van der Waals surface area contributed by atoms with E-state index in [1.54, 1.807) is 6.33 Å². The third-order valence-corrected chi connectivity index (χ3v) is 4.27. The van der Waals surface area contributed by atoms with E-state index in [0.29, 0.717) is 5.56 Å². The molecule has 1 aliphatic heterocycles. The average Bonchev–Trinajstić information content (AvgIpc) is 3.07. The van der Waals surface area contributed by atoms with E-state index >= 15 is 0 Å². The molecule has 1 amide bonds. The summed E-state index contributed by atoms with van der Waals surface area (Å²) in [5.41, 5.74) is 1.56. The Morgan fingerprint density at radius 3 is 2.82 bits per heavy atom. The molecule has 5 heteroatoms. The third kappa shape index (κ3) is 2.89. The molecule has 1 atom stereocenters. The first-order chi connectivity index (χ1) is 10.7. The molecule has 0 saturated carbocycles. The molecule has 0 bridgehead atoms. The Kier molecular flexibility index (Phi) is 4.22. The third-order valence-electron chi connectivity index (χ3n) is 4.27. The predicted molar refractivity (Wildman–Crippen MR) is 88.2 cm³/mol. The summed E-state index contributed by atoms with van der Waals surface area (Å²) in [6.45, 7) is 6.12. The number of rotatable bonds is 4. The highest BCUT2D eigenvalue weighted by molar-refractivity contribution is 6.00. The van der Waals surface area contributed by atoms with Crippen LogP contribution in [0.2, 0.25) is 0 Å². The summed E-state index contributed by atoms with van der Waals surface area (Å²) in [4.78, 5) is 23.4. The maximum Gasteiger partial charge on any atom is 0.251 e. The molecule has 1 saturated heterocycles. The number of fused-ring (bicyclic) bond motifs is 1. The topological polar surface area (TPSA) is 58.1 Å². The van der Waals surface area contributed by atoms with Crippen molar-refractivity contribution in [2.24, 2.45) is 0 Å². The number of benzene rings is 1. The van der Waals surface area contributed by atoms with Crippen LogP contribution < -0.4 is 10.2 Å². The van der Waals surface area contributed by atoms with E-state index in [4.69, 9.17) is 0 Å². The lowest BCUT2D eigenvalue weighted by molar-refractivity contribution is 0.0939. The van der Waals surface area contributed by atoms with Crippen LogP contribution >= 0.6 is 0 Å². The van der Waals surface area contributed by atoms with Gasteiger partial charge in [0, 0.05) is 30.1 Å². The van der Waals surface area contributed by atoms with Crippen LogP contribution in [0.1, 0.15) is 43.5 Å². The second kappa shape index (κ2) is 6.30. The number of amides is 1. The highest BCUT2D eigenvalue weighted by Crippen LogP contribution is 2.26. The van der Waals surface area contributed by atoms with E-state index in [9.17, 15) is 4.79 Å². The molecule has 1 aromatic heterocycles. The van der Waals surface area contributed by atoms with E-state index in [0.717, 1.165) is 36.2 Å². The van der Waals surface area contributed by atoms with Gasteiger partial charge in [0.1, 0.15) is 12.1 Å². The molecule has 116 valence electrons. The van der Waals surface area contributed by atoms with Gasteiger partial charge >= 0.3 is 0 Å². The molecule has 0 radical (unpaired) electrons. The molecular weight excluding hydrogens is 276 g/mol. The molecule has 0 spiro atoms. The summed E-state index contributed by atoms with van der Waals surface area (Å²) >= 11 is 0. The van der Waals surface area contributed by atoms with Gasteiger partial charge in [0.25, 0.3) is 5.91 Å². The van der Waals surface area contributed by atoms with E-state index in [1.807, 2.05) is 25.1 Å². The fraction of sp³-hybridized carbons (Fsp3) is 0.471. The molecule has 2 heterocycles. The molecule has 0 unspecified atom stereocenters. The van der Waals surface area contributed by atoms with Gasteiger partial charge in [-0.15, -0.1) is 0 Å². The van der Waals surface area contributed by atoms with Crippen LogP contribution in [-0.2, 0) is 0 Å². The molecule has 22 heavy (non-hydrogen) atoms. The molecule has 1 aliphatic rings. The first kappa shape index (κ1) is 14.8. The molecule has 1 fully saturated rings. The van der Waals surface area contributed by atoms with Gasteiger partial charge in [0.05, 0.1) is 5.52 Å². The first-order valence-electron chi connectivity index (χ1n) is 7.99. The number of hydrogen-bond acceptors (Lipinski definition) is 4. The average molecular weight is 298 g/mol. The lowest BCUT2D eigenvalue weighted by Gasteiger charge is -2.18. The molecule has 2 aromatic rings. The van der Waals surface area contributed by atoms with Gasteiger partial charge in [-0.2, -0.15) is 0 Å². The van der Waals surface area contributed by atoms with Crippen LogP contribution in [0.5, 0.6) is 0 Å². The van der Waals surface area contributed by atoms with Crippen LogP contribution in [0.3, 0.4) is 0 Å². The number of carbonyl (C=O) groups is 1. The Labute approximate surface area is 130 Å². The fourth-order valence-corrected chi connectivity index (χ4v) is 2.77. The summed E-state index contributed by atoms with van der Waals surface area (Å²) in [6.07, 6.45) is 4.91. The lowest BCUT2D eigenvalue weighted by Crippen LogP contribution is -2.31. The normalized spacial score (nSPS) is 16.0. The molecule has 1 N–H and O–H groups in total. The SMILES string of the molecule is CC[C@H](C)NC(=O)c1ccc2ncnc(N3CCCC3)c2c1. The Morgan fingerprint density at radius 2 is 2.09 bits per heavy atom. The van der Waals surface area contributed by atoms with Crippen LogP contribution in [0.4, 0.5) is 5.82 Å². The first-order valence-corrected chi connectivity index (χ1v) is 7.99. The van der Waals surface area contributed by atoms with Crippen molar-refractivity contribution in [3.63, 3.8) is 0 Å². The second-order valence-corrected chi connectivity index (χ2v) is 5.91. The van der Waals surface area contributed by atoms with Crippen molar-refractivity contribution in [1.29, 1.82) is 0 Å². The van der Waals surface area contributed by atoms with E-state index in [2.05, 4.69) is 27.1 Å². The number of nitrogens with zero attached hydrogens (tertiary/aromatic N) is 3. The van der Waals surface area contributed by atoms with Gasteiger partial charge in [-0.1, -0.05) is 6.92 Å². The van der Waals surface area contributed by atoms with Gasteiger partial charge < -0.3 is 10.2 Å². The van der Waals surface area contributed by atoms with Crippen molar-refractivity contribution in [1.82, 2.24) is 15.3 Å². The van der Waals surface area contributed by atoms with E-state index in [-0.39, 0.29) is 11.9 Å². The predicted octanol–water partition coefficient (Wildman–Crippen LogP) is 2.76. The number of anilines is 1. The van der Waals surface area contributed by atoms with Crippen molar-refractivity contribution in [3.05, 3.63) is 30.1 Å². The zero-order valence-electron chi connectivity index (χ0n) is 13.2. The van der Waals surface area contributed by atoms with E-state index in [1.165, 1.54) is 12.8 Å². The van der Waals surface area contributed by atoms with Gasteiger partial charge in [-0.05, 0) is 44.4 Å². The summed E-state index contributed by atoms with van der Waals surface area (Å²) in [5, 5.41) is 3.97. The lowest BCUT2D eigenvalue weighted by atomic mass is 10.1. The van der Waals surface area contributed by atoms with Crippen molar-refractivity contribution in [2.45, 2.75) is 39.2 Å². The van der Waals surface area contributed by atoms with Crippen LogP contribution in [0.25, 0.3) is 10.9 Å². The standard InChI is InChI=1S/C17H22N4O/c1-3-12(2)20-17(22)13-6-7-15-14(10-13)16(19-11-18-15)21-8-4-5-9-21/h6-7,10-12H,3-5,8-9H2,1-2H3,(H,20,22)/t12-/m0/s1. The summed E-state index contributed by atoms with van der Waals surface area (Å²) in [6, 6.07) is 5.83. The minimum atomic E-state index is -0.0347. The van der Waals surface area contributed by atoms with Crippen molar-refractivity contribution in [3.8, 4) is 0 Å². The fourth-order valence-electron chi connectivity index (χ4n) is 2.77. The van der Waals surface area contributed by atoms with Crippen LogP contribution in [-0.4, -0.2) is 35.0 Å². The monoisotopic (exact) mass is 298 g/mol. The quantitative estimate of drug-likeness (QED) is 0.943. The molecule has 3 rings (SSSR count). The van der Waals surface area contributed by atoms with Crippen LogP contribution in [0.15, 0.2) is 24.5 Å². The number of aromatic nitrogens is 2. The largest absolute Gasteiger partial charge is 0.356 e. The zero-order valence-corrected chi connectivity index (χ0v) is 13.2. The second-order valence-electron chi connectivity index (χ2n) is 5.91. The van der Waals surface area contributed by atoms with Gasteiger partial charge in [0.2, 0.25) is 0 Å². The van der Waals surface area contributed by atoms with Crippen molar-refractivity contribution < 1.29 is 4.79 Å². The summed E-state index contributed by atoms with van der Waals surface area (Å²) in [5.74, 6) is 0.910. The highest BCUT2D eigenvalue weighted by Gasteiger charge is 2.18. The molecule has 0 aliphatic carbocycles. The Balaban J connectivity index is 1.97. The smallest absolute Gasteiger partial charge is 0.251 e.